The topological polar surface area (TPSA) is 84.5 Å². The van der Waals surface area contributed by atoms with Crippen LogP contribution in [0.1, 0.15) is 16.7 Å². The van der Waals surface area contributed by atoms with Gasteiger partial charge in [-0.3, -0.25) is 0 Å². The molecule has 0 fully saturated rings. The van der Waals surface area contributed by atoms with E-state index in [0.29, 0.717) is 16.7 Å². The summed E-state index contributed by atoms with van der Waals surface area (Å²) in [6.07, 6.45) is 0. The number of fused-ring (bicyclic) bond motifs is 6. The first-order valence-corrected chi connectivity index (χ1v) is 14.8. The van der Waals surface area contributed by atoms with Gasteiger partial charge in [-0.1, -0.05) is 48.5 Å². The minimum Gasteiger partial charge on any atom is -0.456 e. The van der Waals surface area contributed by atoms with E-state index in [4.69, 9.17) is 4.42 Å². The van der Waals surface area contributed by atoms with E-state index < -0.39 is 0 Å². The molecule has 44 heavy (non-hydrogen) atoms. The highest BCUT2D eigenvalue weighted by Gasteiger charge is 2.19. The molecule has 8 rings (SSSR count). The van der Waals surface area contributed by atoms with Crippen molar-refractivity contribution in [3.63, 3.8) is 0 Å². The predicted octanol–water partition coefficient (Wildman–Crippen LogP) is 10.6. The minimum absolute atomic E-state index is 0.575. The first kappa shape index (κ1) is 25.5. The Morgan fingerprint density at radius 1 is 0.477 bits per heavy atom. The summed E-state index contributed by atoms with van der Waals surface area (Å²) in [5.41, 5.74) is 9.13. The van der Waals surface area contributed by atoms with E-state index in [1.165, 1.54) is 0 Å². The van der Waals surface area contributed by atoms with Crippen LogP contribution >= 0.6 is 11.3 Å². The second kappa shape index (κ2) is 9.97. The highest BCUT2D eigenvalue weighted by Crippen LogP contribution is 2.44. The van der Waals surface area contributed by atoms with Crippen LogP contribution in [-0.4, -0.2) is 0 Å². The minimum atomic E-state index is 0.575. The van der Waals surface area contributed by atoms with Gasteiger partial charge in [0.2, 0.25) is 0 Å². The molecule has 2 heterocycles. The molecule has 0 radical (unpaired) electrons. The van der Waals surface area contributed by atoms with Gasteiger partial charge in [0.15, 0.2) is 0 Å². The summed E-state index contributed by atoms with van der Waals surface area (Å²) < 4.78 is 8.43. The van der Waals surface area contributed by atoms with Gasteiger partial charge in [-0.15, -0.1) is 11.3 Å². The van der Waals surface area contributed by atoms with Crippen LogP contribution in [-0.2, 0) is 0 Å². The maximum atomic E-state index is 10.0. The zero-order valence-electron chi connectivity index (χ0n) is 23.1. The summed E-state index contributed by atoms with van der Waals surface area (Å²) in [4.78, 5) is 0. The highest BCUT2D eigenvalue weighted by atomic mass is 32.1. The normalized spacial score (nSPS) is 11.1. The molecule has 0 amide bonds. The van der Waals surface area contributed by atoms with Crippen molar-refractivity contribution >= 4 is 53.4 Å². The van der Waals surface area contributed by atoms with Crippen molar-refractivity contribution in [2.45, 2.75) is 0 Å². The predicted molar refractivity (Wildman–Crippen MR) is 177 cm³/mol. The van der Waals surface area contributed by atoms with E-state index in [2.05, 4.69) is 60.7 Å². The molecule has 0 bridgehead atoms. The summed E-state index contributed by atoms with van der Waals surface area (Å²) >= 11 is 1.72. The van der Waals surface area contributed by atoms with Gasteiger partial charge in [0.05, 0.1) is 34.9 Å². The molecule has 0 N–H and O–H groups in total. The van der Waals surface area contributed by atoms with Gasteiger partial charge in [-0.25, -0.2) is 0 Å². The molecule has 8 aromatic rings. The van der Waals surface area contributed by atoms with E-state index in [1.807, 2.05) is 66.7 Å². The van der Waals surface area contributed by atoms with Gasteiger partial charge in [-0.2, -0.15) is 15.8 Å². The molecule has 0 spiro atoms. The third kappa shape index (κ3) is 3.95. The molecule has 0 aliphatic heterocycles. The SMILES string of the molecule is N#Cc1ccc2oc3ccc(-c4c(-c5ccc6sc7ccc(C#N)cc7c6c5)cccc4-c4ccccc4C#N)cc3c2c1. The average Bonchev–Trinajstić information content (AvgIpc) is 3.64. The van der Waals surface area contributed by atoms with Crippen molar-refractivity contribution in [2.75, 3.05) is 0 Å². The molecule has 0 atom stereocenters. The Labute approximate surface area is 256 Å². The van der Waals surface area contributed by atoms with Gasteiger partial charge in [0.1, 0.15) is 11.2 Å². The molecular formula is C39H19N3OS. The molecule has 0 saturated heterocycles. The summed E-state index contributed by atoms with van der Waals surface area (Å²) in [6, 6.07) is 44.8. The van der Waals surface area contributed by atoms with Crippen molar-refractivity contribution in [1.29, 1.82) is 15.8 Å². The van der Waals surface area contributed by atoms with Gasteiger partial charge >= 0.3 is 0 Å². The Kier molecular flexibility index (Phi) is 5.78. The molecule has 0 aliphatic carbocycles. The first-order valence-electron chi connectivity index (χ1n) is 14.0. The lowest BCUT2D eigenvalue weighted by Gasteiger charge is -2.17. The molecule has 4 nitrogen and oxygen atoms in total. The first-order chi connectivity index (χ1) is 21.6. The Bertz CT molecular complexity index is 2600. The van der Waals surface area contributed by atoms with E-state index in [0.717, 1.165) is 75.5 Å². The smallest absolute Gasteiger partial charge is 0.135 e. The van der Waals surface area contributed by atoms with Crippen molar-refractivity contribution in [3.05, 3.63) is 132 Å². The van der Waals surface area contributed by atoms with Gasteiger partial charge in [-0.05, 0) is 94.5 Å². The molecule has 2 aromatic heterocycles. The fraction of sp³-hybridized carbons (Fsp3) is 0. The Balaban J connectivity index is 1.44. The lowest BCUT2D eigenvalue weighted by molar-refractivity contribution is 0.669. The molecule has 202 valence electrons. The lowest BCUT2D eigenvalue weighted by atomic mass is 9.85. The molecule has 0 unspecified atom stereocenters. The van der Waals surface area contributed by atoms with Crippen LogP contribution < -0.4 is 0 Å². The monoisotopic (exact) mass is 577 g/mol. The van der Waals surface area contributed by atoms with E-state index in [-0.39, 0.29) is 0 Å². The summed E-state index contributed by atoms with van der Waals surface area (Å²) in [7, 11) is 0. The number of nitrogens with zero attached hydrogens (tertiary/aromatic N) is 3. The maximum Gasteiger partial charge on any atom is 0.135 e. The third-order valence-electron chi connectivity index (χ3n) is 8.20. The van der Waals surface area contributed by atoms with Crippen LogP contribution in [0.2, 0.25) is 0 Å². The van der Waals surface area contributed by atoms with Crippen molar-refractivity contribution in [2.24, 2.45) is 0 Å². The van der Waals surface area contributed by atoms with Crippen LogP contribution in [0.5, 0.6) is 0 Å². The second-order valence-corrected chi connectivity index (χ2v) is 11.7. The van der Waals surface area contributed by atoms with Crippen LogP contribution in [0.25, 0.3) is 75.5 Å². The average molecular weight is 578 g/mol. The summed E-state index contributed by atoms with van der Waals surface area (Å²) in [5, 5.41) is 33.1. The van der Waals surface area contributed by atoms with Crippen LogP contribution in [0.15, 0.2) is 120 Å². The molecule has 0 aliphatic rings. The van der Waals surface area contributed by atoms with Crippen molar-refractivity contribution in [3.8, 4) is 51.6 Å². The number of nitriles is 3. The van der Waals surface area contributed by atoms with Crippen LogP contribution in [0.4, 0.5) is 0 Å². The van der Waals surface area contributed by atoms with E-state index in [9.17, 15) is 15.8 Å². The fourth-order valence-electron chi connectivity index (χ4n) is 6.16. The Hall–Kier alpha value is -6.19. The standard InChI is InChI=1S/C39H19N3OS/c40-20-23-8-12-35-31(16-23)32-19-26(10-13-36(32)43-35)39-29(6-3-7-30(39)28-5-2-1-4-27(28)22-42)25-11-15-38-34(18-25)33-17-24(21-41)9-14-37(33)44-38/h1-19H. The zero-order chi connectivity index (χ0) is 29.8. The number of thiophene rings is 1. The molecule has 0 saturated carbocycles. The summed E-state index contributed by atoms with van der Waals surface area (Å²) in [5.74, 6) is 0. The van der Waals surface area contributed by atoms with Crippen molar-refractivity contribution < 1.29 is 4.42 Å². The lowest BCUT2D eigenvalue weighted by Crippen LogP contribution is -1.92. The van der Waals surface area contributed by atoms with Gasteiger partial charge < -0.3 is 4.42 Å². The van der Waals surface area contributed by atoms with Crippen LogP contribution in [0.3, 0.4) is 0 Å². The Morgan fingerprint density at radius 3 is 1.86 bits per heavy atom. The number of hydrogen-bond acceptors (Lipinski definition) is 5. The number of hydrogen-bond donors (Lipinski definition) is 0. The van der Waals surface area contributed by atoms with Crippen molar-refractivity contribution in [1.82, 2.24) is 0 Å². The maximum absolute atomic E-state index is 10.0. The molecule has 6 aromatic carbocycles. The number of furan rings is 1. The largest absolute Gasteiger partial charge is 0.456 e. The zero-order valence-corrected chi connectivity index (χ0v) is 23.9. The number of benzene rings is 6. The van der Waals surface area contributed by atoms with Gasteiger partial charge in [0.25, 0.3) is 0 Å². The second-order valence-electron chi connectivity index (χ2n) is 10.7. The highest BCUT2D eigenvalue weighted by molar-refractivity contribution is 7.25. The summed E-state index contributed by atoms with van der Waals surface area (Å²) in [6.45, 7) is 0. The van der Waals surface area contributed by atoms with Gasteiger partial charge in [0, 0.05) is 36.5 Å². The quantitative estimate of drug-likeness (QED) is 0.209. The Morgan fingerprint density at radius 2 is 1.07 bits per heavy atom. The number of rotatable bonds is 3. The van der Waals surface area contributed by atoms with E-state index in [1.54, 1.807) is 17.4 Å². The van der Waals surface area contributed by atoms with E-state index >= 15 is 0 Å². The fourth-order valence-corrected chi connectivity index (χ4v) is 7.23. The third-order valence-corrected chi connectivity index (χ3v) is 9.35. The molecular weight excluding hydrogens is 559 g/mol. The van der Waals surface area contributed by atoms with Crippen LogP contribution in [0, 0.1) is 34.0 Å². The molecule has 5 heteroatoms.